The molecule has 1 atom stereocenters. The van der Waals surface area contributed by atoms with E-state index < -0.39 is 0 Å². The van der Waals surface area contributed by atoms with Crippen LogP contribution < -0.4 is 5.32 Å². The fourth-order valence-electron chi connectivity index (χ4n) is 2.23. The number of methoxy groups -OCH3 is 2. The van der Waals surface area contributed by atoms with E-state index in [9.17, 15) is 0 Å². The van der Waals surface area contributed by atoms with Crippen LogP contribution in [0.25, 0.3) is 0 Å². The summed E-state index contributed by atoms with van der Waals surface area (Å²) in [6.07, 6.45) is 10.2. The largest absolute Gasteiger partial charge is 0.354 e. The van der Waals surface area contributed by atoms with Gasteiger partial charge in [-0.15, -0.1) is 0 Å². The van der Waals surface area contributed by atoms with Crippen molar-refractivity contribution in [3.8, 4) is 0 Å². The van der Waals surface area contributed by atoms with Crippen LogP contribution in [0, 0.1) is 0 Å². The summed E-state index contributed by atoms with van der Waals surface area (Å²) in [6.45, 7) is 5.47. The van der Waals surface area contributed by atoms with Gasteiger partial charge < -0.3 is 14.8 Å². The summed E-state index contributed by atoms with van der Waals surface area (Å²) < 4.78 is 10.7. The molecule has 0 aromatic heterocycles. The number of ether oxygens (including phenoxy) is 2. The molecule has 3 nitrogen and oxygen atoms in total. The van der Waals surface area contributed by atoms with Gasteiger partial charge in [0.2, 0.25) is 0 Å². The van der Waals surface area contributed by atoms with Crippen LogP contribution in [0.4, 0.5) is 0 Å². The zero-order valence-electron chi connectivity index (χ0n) is 12.8. The maximum Gasteiger partial charge on any atom is 0.171 e. The van der Waals surface area contributed by atoms with Gasteiger partial charge in [-0.1, -0.05) is 52.4 Å². The summed E-state index contributed by atoms with van der Waals surface area (Å²) in [5, 5.41) is 3.52. The molecule has 0 saturated carbocycles. The van der Waals surface area contributed by atoms with E-state index in [1.54, 1.807) is 14.2 Å². The highest BCUT2D eigenvalue weighted by molar-refractivity contribution is 4.70. The summed E-state index contributed by atoms with van der Waals surface area (Å²) in [6, 6.07) is 0.325. The Morgan fingerprint density at radius 3 is 2.00 bits per heavy atom. The van der Waals surface area contributed by atoms with E-state index in [0.29, 0.717) is 6.04 Å². The lowest BCUT2D eigenvalue weighted by Crippen LogP contribution is -2.42. The van der Waals surface area contributed by atoms with Gasteiger partial charge in [-0.2, -0.15) is 0 Å². The number of hydrogen-bond acceptors (Lipinski definition) is 3. The third-order valence-corrected chi connectivity index (χ3v) is 3.32. The first kappa shape index (κ1) is 17.9. The fourth-order valence-corrected chi connectivity index (χ4v) is 2.23. The van der Waals surface area contributed by atoms with Crippen LogP contribution in [0.3, 0.4) is 0 Å². The van der Waals surface area contributed by atoms with Crippen molar-refractivity contribution < 1.29 is 9.47 Å². The number of rotatable bonds is 13. The SMILES string of the molecule is CCCCCCCCC(NCCC)C(OC)OC. The summed E-state index contributed by atoms with van der Waals surface area (Å²) in [5.41, 5.74) is 0. The second-order valence-electron chi connectivity index (χ2n) is 4.96. The molecule has 110 valence electrons. The van der Waals surface area contributed by atoms with E-state index >= 15 is 0 Å². The second-order valence-corrected chi connectivity index (χ2v) is 4.96. The van der Waals surface area contributed by atoms with Gasteiger partial charge in [0.05, 0.1) is 6.04 Å². The molecule has 0 aliphatic rings. The fraction of sp³-hybridized carbons (Fsp3) is 1.00. The Balaban J connectivity index is 3.78. The molecule has 0 amide bonds. The molecule has 0 aromatic carbocycles. The highest BCUT2D eigenvalue weighted by atomic mass is 16.7. The minimum Gasteiger partial charge on any atom is -0.354 e. The predicted octanol–water partition coefficient (Wildman–Crippen LogP) is 3.72. The van der Waals surface area contributed by atoms with Crippen LogP contribution in [0.15, 0.2) is 0 Å². The molecular weight excluding hydrogens is 226 g/mol. The van der Waals surface area contributed by atoms with Crippen molar-refractivity contribution in [2.24, 2.45) is 0 Å². The molecule has 3 heteroatoms. The van der Waals surface area contributed by atoms with Crippen LogP contribution in [0.5, 0.6) is 0 Å². The zero-order valence-corrected chi connectivity index (χ0v) is 12.8. The number of hydrogen-bond donors (Lipinski definition) is 1. The van der Waals surface area contributed by atoms with Crippen molar-refractivity contribution in [1.29, 1.82) is 0 Å². The van der Waals surface area contributed by atoms with E-state index in [0.717, 1.165) is 19.4 Å². The van der Waals surface area contributed by atoms with Crippen molar-refractivity contribution in [3.05, 3.63) is 0 Å². The lowest BCUT2D eigenvalue weighted by atomic mass is 10.1. The first-order valence-corrected chi connectivity index (χ1v) is 7.59. The van der Waals surface area contributed by atoms with Crippen LogP contribution in [-0.4, -0.2) is 33.1 Å². The Morgan fingerprint density at radius 2 is 1.44 bits per heavy atom. The summed E-state index contributed by atoms with van der Waals surface area (Å²) in [7, 11) is 3.44. The van der Waals surface area contributed by atoms with Crippen LogP contribution >= 0.6 is 0 Å². The normalized spacial score (nSPS) is 13.2. The Hall–Kier alpha value is -0.120. The highest BCUT2D eigenvalue weighted by Gasteiger charge is 2.19. The summed E-state index contributed by atoms with van der Waals surface area (Å²) >= 11 is 0. The quantitative estimate of drug-likeness (QED) is 0.404. The van der Waals surface area contributed by atoms with Crippen molar-refractivity contribution in [3.63, 3.8) is 0 Å². The van der Waals surface area contributed by atoms with Gasteiger partial charge in [-0.25, -0.2) is 0 Å². The highest BCUT2D eigenvalue weighted by Crippen LogP contribution is 2.12. The van der Waals surface area contributed by atoms with Gasteiger partial charge in [0.1, 0.15) is 0 Å². The Morgan fingerprint density at radius 1 is 0.833 bits per heavy atom. The Labute approximate surface area is 114 Å². The van der Waals surface area contributed by atoms with E-state index in [2.05, 4.69) is 19.2 Å². The minimum atomic E-state index is -0.118. The molecule has 0 saturated heterocycles. The average Bonchev–Trinajstić information content (AvgIpc) is 2.40. The summed E-state index contributed by atoms with van der Waals surface area (Å²) in [5.74, 6) is 0. The predicted molar refractivity (Wildman–Crippen MR) is 77.9 cm³/mol. The molecule has 18 heavy (non-hydrogen) atoms. The minimum absolute atomic E-state index is 0.118. The van der Waals surface area contributed by atoms with E-state index in [1.807, 2.05) is 0 Å². The molecule has 0 heterocycles. The smallest absolute Gasteiger partial charge is 0.171 e. The Bertz CT molecular complexity index is 161. The Kier molecular flexibility index (Phi) is 13.2. The number of unbranched alkanes of at least 4 members (excludes halogenated alkanes) is 5. The van der Waals surface area contributed by atoms with Gasteiger partial charge in [0, 0.05) is 14.2 Å². The summed E-state index contributed by atoms with van der Waals surface area (Å²) in [4.78, 5) is 0. The van der Waals surface area contributed by atoms with Crippen LogP contribution in [0.1, 0.15) is 65.2 Å². The van der Waals surface area contributed by atoms with Crippen LogP contribution in [-0.2, 0) is 9.47 Å². The molecule has 0 aliphatic carbocycles. The van der Waals surface area contributed by atoms with E-state index in [-0.39, 0.29) is 6.29 Å². The molecule has 0 radical (unpaired) electrons. The van der Waals surface area contributed by atoms with E-state index in [1.165, 1.54) is 38.5 Å². The van der Waals surface area contributed by atoms with Crippen molar-refractivity contribution >= 4 is 0 Å². The second kappa shape index (κ2) is 13.3. The molecule has 0 aromatic rings. The molecule has 0 aliphatic heterocycles. The van der Waals surface area contributed by atoms with Crippen molar-refractivity contribution in [1.82, 2.24) is 5.32 Å². The topological polar surface area (TPSA) is 30.5 Å². The molecule has 0 fully saturated rings. The molecular formula is C15H33NO2. The van der Waals surface area contributed by atoms with E-state index in [4.69, 9.17) is 9.47 Å². The van der Waals surface area contributed by atoms with Crippen molar-refractivity contribution in [2.45, 2.75) is 77.5 Å². The lowest BCUT2D eigenvalue weighted by Gasteiger charge is -2.25. The molecule has 0 rings (SSSR count). The zero-order chi connectivity index (χ0) is 13.6. The van der Waals surface area contributed by atoms with Gasteiger partial charge >= 0.3 is 0 Å². The van der Waals surface area contributed by atoms with Crippen molar-refractivity contribution in [2.75, 3.05) is 20.8 Å². The molecule has 0 bridgehead atoms. The maximum atomic E-state index is 5.37. The maximum absolute atomic E-state index is 5.37. The van der Waals surface area contributed by atoms with Gasteiger partial charge in [-0.3, -0.25) is 0 Å². The van der Waals surface area contributed by atoms with Gasteiger partial charge in [0.25, 0.3) is 0 Å². The first-order valence-electron chi connectivity index (χ1n) is 7.59. The third-order valence-electron chi connectivity index (χ3n) is 3.32. The first-order chi connectivity index (χ1) is 8.79. The molecule has 1 N–H and O–H groups in total. The lowest BCUT2D eigenvalue weighted by molar-refractivity contribution is -0.124. The van der Waals surface area contributed by atoms with Crippen LogP contribution in [0.2, 0.25) is 0 Å². The number of nitrogens with one attached hydrogen (secondary N) is 1. The molecule has 0 spiro atoms. The molecule has 1 unspecified atom stereocenters. The van der Waals surface area contributed by atoms with Gasteiger partial charge in [-0.05, 0) is 19.4 Å². The third kappa shape index (κ3) is 8.90. The average molecular weight is 259 g/mol. The van der Waals surface area contributed by atoms with Gasteiger partial charge in [0.15, 0.2) is 6.29 Å². The standard InChI is InChI=1S/C15H33NO2/c1-5-7-8-9-10-11-12-14(16-13-6-2)15(17-3)18-4/h14-16H,5-13H2,1-4H3. The monoisotopic (exact) mass is 259 g/mol.